The summed E-state index contributed by atoms with van der Waals surface area (Å²) in [6.07, 6.45) is 0.234. The quantitative estimate of drug-likeness (QED) is 0.211. The molecule has 10 heteroatoms. The summed E-state index contributed by atoms with van der Waals surface area (Å²) in [6.45, 7) is 3.62. The number of amides is 2. The van der Waals surface area contributed by atoms with Crippen LogP contribution in [-0.2, 0) is 32.6 Å². The summed E-state index contributed by atoms with van der Waals surface area (Å²) in [6, 6.07) is 28.8. The maximum absolute atomic E-state index is 14.6. The van der Waals surface area contributed by atoms with Crippen LogP contribution < -0.4 is 19.1 Å². The topological polar surface area (TPSA) is 105 Å². The Balaban J connectivity index is 1.85. The van der Waals surface area contributed by atoms with Crippen LogP contribution >= 0.6 is 0 Å². The number of nitrogens with one attached hydrogen (secondary N) is 1. The third-order valence-electron chi connectivity index (χ3n) is 7.32. The van der Waals surface area contributed by atoms with Crippen LogP contribution in [0.4, 0.5) is 5.69 Å². The summed E-state index contributed by atoms with van der Waals surface area (Å²) in [5, 5.41) is 2.87. The second kappa shape index (κ2) is 15.3. The molecule has 0 saturated heterocycles. The minimum atomic E-state index is -4.29. The number of hydrogen-bond acceptors (Lipinski definition) is 6. The number of hydrogen-bond donors (Lipinski definition) is 1. The zero-order chi connectivity index (χ0) is 32.4. The van der Waals surface area contributed by atoms with E-state index >= 15 is 0 Å². The number of benzene rings is 4. The number of ether oxygens (including phenoxy) is 2. The number of anilines is 1. The molecule has 0 spiro atoms. The zero-order valence-electron chi connectivity index (χ0n) is 26.0. The zero-order valence-corrected chi connectivity index (χ0v) is 26.8. The Morgan fingerprint density at radius 2 is 1.49 bits per heavy atom. The molecule has 4 aromatic rings. The normalized spacial score (nSPS) is 11.7. The summed E-state index contributed by atoms with van der Waals surface area (Å²) >= 11 is 0. The third kappa shape index (κ3) is 8.21. The van der Waals surface area contributed by atoms with Crippen molar-refractivity contribution in [2.45, 2.75) is 37.8 Å². The summed E-state index contributed by atoms with van der Waals surface area (Å²) in [5.74, 6) is -0.280. The van der Waals surface area contributed by atoms with Gasteiger partial charge in [-0.2, -0.15) is 0 Å². The van der Waals surface area contributed by atoms with E-state index in [0.29, 0.717) is 12.3 Å². The summed E-state index contributed by atoms with van der Waals surface area (Å²) in [5.41, 5.74) is 2.79. The number of sulfonamides is 1. The average molecular weight is 630 g/mol. The summed E-state index contributed by atoms with van der Waals surface area (Å²) in [4.78, 5) is 29.7. The van der Waals surface area contributed by atoms with Crippen molar-refractivity contribution in [2.24, 2.45) is 0 Å². The fourth-order valence-corrected chi connectivity index (χ4v) is 6.52. The van der Waals surface area contributed by atoms with Gasteiger partial charge in [-0.05, 0) is 49.2 Å². The van der Waals surface area contributed by atoms with Gasteiger partial charge in [-0.25, -0.2) is 8.42 Å². The lowest BCUT2D eigenvalue weighted by Crippen LogP contribution is -2.53. The van der Waals surface area contributed by atoms with E-state index in [4.69, 9.17) is 9.47 Å². The minimum absolute atomic E-state index is 0.00234. The Labute approximate surface area is 265 Å². The molecule has 0 unspecified atom stereocenters. The lowest BCUT2D eigenvalue weighted by atomic mass is 10.0. The lowest BCUT2D eigenvalue weighted by Gasteiger charge is -2.34. The Hall–Kier alpha value is -4.83. The summed E-state index contributed by atoms with van der Waals surface area (Å²) in [7, 11) is -1.39. The molecule has 0 aliphatic carbocycles. The monoisotopic (exact) mass is 629 g/mol. The number of aryl methyl sites for hydroxylation is 1. The smallest absolute Gasteiger partial charge is 0.264 e. The van der Waals surface area contributed by atoms with E-state index in [1.165, 1.54) is 37.3 Å². The molecule has 0 aromatic heterocycles. The van der Waals surface area contributed by atoms with E-state index in [-0.39, 0.29) is 35.2 Å². The molecular formula is C35H39N3O6S. The van der Waals surface area contributed by atoms with Gasteiger partial charge in [-0.3, -0.25) is 13.9 Å². The minimum Gasteiger partial charge on any atom is -0.497 e. The third-order valence-corrected chi connectivity index (χ3v) is 9.10. The van der Waals surface area contributed by atoms with Gasteiger partial charge < -0.3 is 19.7 Å². The van der Waals surface area contributed by atoms with Gasteiger partial charge in [-0.1, -0.05) is 78.4 Å². The Bertz CT molecular complexity index is 1700. The SMILES string of the molecule is CCNC(=O)[C@H](Cc1ccccc1)N(Cc1cccc(C)c1)C(=O)CN(c1cc(OC)ccc1OC)S(=O)(=O)c1ccccc1. The number of methoxy groups -OCH3 is 2. The van der Waals surface area contributed by atoms with Crippen molar-refractivity contribution in [1.82, 2.24) is 10.2 Å². The van der Waals surface area contributed by atoms with Gasteiger partial charge >= 0.3 is 0 Å². The first-order valence-electron chi connectivity index (χ1n) is 14.6. The van der Waals surface area contributed by atoms with Gasteiger partial charge in [0.2, 0.25) is 11.8 Å². The van der Waals surface area contributed by atoms with Crippen LogP contribution in [0.3, 0.4) is 0 Å². The van der Waals surface area contributed by atoms with Crippen LogP contribution in [0.5, 0.6) is 11.5 Å². The number of likely N-dealkylation sites (N-methyl/N-ethyl adjacent to an activating group) is 1. The van der Waals surface area contributed by atoms with E-state index in [0.717, 1.165) is 21.0 Å². The second-order valence-electron chi connectivity index (χ2n) is 10.5. The Kier molecular flexibility index (Phi) is 11.2. The molecule has 4 aromatic carbocycles. The molecule has 0 heterocycles. The predicted molar refractivity (Wildman–Crippen MR) is 175 cm³/mol. The fraction of sp³-hybridized carbons (Fsp3) is 0.257. The van der Waals surface area contributed by atoms with Crippen LogP contribution in [0, 0.1) is 6.92 Å². The molecule has 0 saturated carbocycles. The van der Waals surface area contributed by atoms with Gasteiger partial charge in [-0.15, -0.1) is 0 Å². The summed E-state index contributed by atoms with van der Waals surface area (Å²) < 4.78 is 40.5. The molecule has 0 aliphatic rings. The Morgan fingerprint density at radius 1 is 0.822 bits per heavy atom. The Morgan fingerprint density at radius 3 is 2.11 bits per heavy atom. The van der Waals surface area contributed by atoms with Crippen molar-refractivity contribution in [2.75, 3.05) is 31.6 Å². The van der Waals surface area contributed by atoms with Gasteiger partial charge in [0.1, 0.15) is 24.1 Å². The first-order valence-corrected chi connectivity index (χ1v) is 16.1. The van der Waals surface area contributed by atoms with Crippen molar-refractivity contribution >= 4 is 27.5 Å². The van der Waals surface area contributed by atoms with Crippen LogP contribution in [-0.4, -0.2) is 58.5 Å². The van der Waals surface area contributed by atoms with Crippen molar-refractivity contribution < 1.29 is 27.5 Å². The standard InChI is InChI=1S/C35H39N3O6S/c1-5-36-35(40)32(22-27-14-8-6-9-15-27)37(24-28-16-12-13-26(2)21-28)34(39)25-38(45(41,42)30-17-10-7-11-18-30)31-23-29(43-3)19-20-33(31)44-4/h6-21,23,32H,5,22,24-25H2,1-4H3,(H,36,40)/t32-/m0/s1. The number of carbonyl (C=O) groups is 2. The molecular weight excluding hydrogens is 590 g/mol. The maximum atomic E-state index is 14.6. The van der Waals surface area contributed by atoms with E-state index in [2.05, 4.69) is 5.32 Å². The maximum Gasteiger partial charge on any atom is 0.264 e. The second-order valence-corrected chi connectivity index (χ2v) is 12.3. The van der Waals surface area contributed by atoms with Gasteiger partial charge in [0, 0.05) is 25.6 Å². The highest BCUT2D eigenvalue weighted by atomic mass is 32.2. The van der Waals surface area contributed by atoms with E-state index < -0.39 is 28.5 Å². The first kappa shape index (κ1) is 33.1. The molecule has 4 rings (SSSR count). The number of rotatable bonds is 14. The molecule has 0 bridgehead atoms. The van der Waals surface area contributed by atoms with Crippen LogP contribution in [0.15, 0.2) is 108 Å². The lowest BCUT2D eigenvalue weighted by molar-refractivity contribution is -0.140. The fourth-order valence-electron chi connectivity index (χ4n) is 5.08. The van der Waals surface area contributed by atoms with Crippen LogP contribution in [0.2, 0.25) is 0 Å². The van der Waals surface area contributed by atoms with E-state index in [9.17, 15) is 18.0 Å². The van der Waals surface area contributed by atoms with Crippen LogP contribution in [0.1, 0.15) is 23.6 Å². The average Bonchev–Trinajstić information content (AvgIpc) is 3.05. The van der Waals surface area contributed by atoms with Gasteiger partial charge in [0.05, 0.1) is 24.8 Å². The molecule has 45 heavy (non-hydrogen) atoms. The van der Waals surface area contributed by atoms with Crippen LogP contribution in [0.25, 0.3) is 0 Å². The highest BCUT2D eigenvalue weighted by Crippen LogP contribution is 2.36. The van der Waals surface area contributed by atoms with Crippen molar-refractivity contribution in [3.05, 3.63) is 120 Å². The molecule has 9 nitrogen and oxygen atoms in total. The first-order chi connectivity index (χ1) is 21.7. The highest BCUT2D eigenvalue weighted by molar-refractivity contribution is 7.92. The molecule has 1 atom stereocenters. The highest BCUT2D eigenvalue weighted by Gasteiger charge is 2.35. The largest absolute Gasteiger partial charge is 0.497 e. The molecule has 0 fully saturated rings. The van der Waals surface area contributed by atoms with Gasteiger partial charge in [0.15, 0.2) is 0 Å². The van der Waals surface area contributed by atoms with Gasteiger partial charge in [0.25, 0.3) is 10.0 Å². The van der Waals surface area contributed by atoms with E-state index in [1.54, 1.807) is 30.3 Å². The molecule has 2 amide bonds. The molecule has 0 radical (unpaired) electrons. The molecule has 236 valence electrons. The van der Waals surface area contributed by atoms with Crippen molar-refractivity contribution in [3.8, 4) is 11.5 Å². The number of nitrogens with zero attached hydrogens (tertiary/aromatic N) is 2. The van der Waals surface area contributed by atoms with E-state index in [1.807, 2.05) is 68.4 Å². The van der Waals surface area contributed by atoms with Crippen molar-refractivity contribution in [3.63, 3.8) is 0 Å². The number of carbonyl (C=O) groups excluding carboxylic acids is 2. The van der Waals surface area contributed by atoms with Crippen molar-refractivity contribution in [1.29, 1.82) is 0 Å². The predicted octanol–water partition coefficient (Wildman–Crippen LogP) is 4.98. The molecule has 1 N–H and O–H groups in total. The molecule has 0 aliphatic heterocycles.